The van der Waals surface area contributed by atoms with Gasteiger partial charge in [0.05, 0.1) is 7.11 Å². The zero-order chi connectivity index (χ0) is 13.8. The van der Waals surface area contributed by atoms with Crippen LogP contribution in [0.15, 0.2) is 30.3 Å². The van der Waals surface area contributed by atoms with Gasteiger partial charge >= 0.3 is 5.97 Å². The molecule has 1 aromatic heterocycles. The van der Waals surface area contributed by atoms with Gasteiger partial charge in [-0.25, -0.2) is 14.8 Å². The van der Waals surface area contributed by atoms with Gasteiger partial charge in [-0.1, -0.05) is 12.1 Å². The van der Waals surface area contributed by atoms with Crippen molar-refractivity contribution in [2.45, 2.75) is 13.3 Å². The molecule has 0 aliphatic carbocycles. The summed E-state index contributed by atoms with van der Waals surface area (Å²) in [6.07, 6.45) is 0.563. The van der Waals surface area contributed by atoms with E-state index < -0.39 is 5.97 Å². The quantitative estimate of drug-likeness (QED) is 0.909. The molecule has 1 N–H and O–H groups in total. The van der Waals surface area contributed by atoms with Crippen LogP contribution in [0.25, 0.3) is 0 Å². The molecule has 0 amide bonds. The lowest BCUT2D eigenvalue weighted by Crippen LogP contribution is -2.06. The van der Waals surface area contributed by atoms with Gasteiger partial charge in [-0.3, -0.25) is 0 Å². The summed E-state index contributed by atoms with van der Waals surface area (Å²) < 4.78 is 5.09. The van der Waals surface area contributed by atoms with Crippen LogP contribution in [0.5, 0.6) is 5.75 Å². The third-order valence-electron chi connectivity index (χ3n) is 2.65. The average Bonchev–Trinajstić information content (AvgIpc) is 2.39. The highest BCUT2D eigenvalue weighted by molar-refractivity contribution is 5.85. The number of hydrogen-bond acceptors (Lipinski definition) is 4. The number of carboxylic acid groups (broad SMARTS) is 1. The molecule has 1 aromatic carbocycles. The van der Waals surface area contributed by atoms with Gasteiger partial charge in [-0.05, 0) is 30.7 Å². The Balaban J connectivity index is 2.24. The minimum atomic E-state index is -1.04. The van der Waals surface area contributed by atoms with E-state index in [4.69, 9.17) is 9.84 Å². The van der Waals surface area contributed by atoms with E-state index in [2.05, 4.69) is 9.97 Å². The molecular weight excluding hydrogens is 244 g/mol. The Labute approximate surface area is 110 Å². The van der Waals surface area contributed by atoms with Crippen molar-refractivity contribution in [3.05, 3.63) is 53.1 Å². The van der Waals surface area contributed by atoms with E-state index in [1.807, 2.05) is 24.3 Å². The van der Waals surface area contributed by atoms with Crippen molar-refractivity contribution in [1.29, 1.82) is 0 Å². The molecule has 0 atom stereocenters. The van der Waals surface area contributed by atoms with Crippen LogP contribution in [0.1, 0.15) is 27.6 Å². The number of nitrogens with zero attached hydrogens (tertiary/aromatic N) is 2. The van der Waals surface area contributed by atoms with Crippen LogP contribution in [-0.4, -0.2) is 28.2 Å². The fraction of sp³-hybridized carbons (Fsp3) is 0.214. The van der Waals surface area contributed by atoms with Crippen molar-refractivity contribution >= 4 is 5.97 Å². The number of hydrogen-bond donors (Lipinski definition) is 1. The van der Waals surface area contributed by atoms with E-state index in [1.165, 1.54) is 6.07 Å². The van der Waals surface area contributed by atoms with Gasteiger partial charge in [-0.15, -0.1) is 0 Å². The molecule has 1 heterocycles. The number of rotatable bonds is 4. The first-order valence-corrected chi connectivity index (χ1v) is 5.79. The van der Waals surface area contributed by atoms with Crippen molar-refractivity contribution in [2.24, 2.45) is 0 Å². The molecule has 5 heteroatoms. The Morgan fingerprint density at radius 3 is 2.53 bits per heavy atom. The lowest BCUT2D eigenvalue weighted by Gasteiger charge is -2.05. The lowest BCUT2D eigenvalue weighted by molar-refractivity contribution is 0.0689. The zero-order valence-corrected chi connectivity index (χ0v) is 10.8. The summed E-state index contributed by atoms with van der Waals surface area (Å²) in [5.74, 6) is 0.207. The first-order chi connectivity index (χ1) is 9.08. The molecule has 0 bridgehead atoms. The standard InChI is InChI=1S/C14H14N2O3/c1-9-15-11(8-13(16-9)14(17)18)7-10-3-5-12(19-2)6-4-10/h3-6,8H,7H2,1-2H3,(H,17,18). The topological polar surface area (TPSA) is 72.3 Å². The number of benzene rings is 1. The highest BCUT2D eigenvalue weighted by atomic mass is 16.5. The van der Waals surface area contributed by atoms with Crippen LogP contribution in [0.3, 0.4) is 0 Å². The molecule has 0 radical (unpaired) electrons. The van der Waals surface area contributed by atoms with Gasteiger partial charge in [0.2, 0.25) is 0 Å². The molecular formula is C14H14N2O3. The molecule has 2 aromatic rings. The van der Waals surface area contributed by atoms with E-state index in [9.17, 15) is 4.79 Å². The normalized spacial score (nSPS) is 10.2. The van der Waals surface area contributed by atoms with Gasteiger partial charge in [0.15, 0.2) is 5.69 Å². The third kappa shape index (κ3) is 3.28. The molecule has 5 nitrogen and oxygen atoms in total. The maximum atomic E-state index is 10.9. The Bertz CT molecular complexity index is 594. The van der Waals surface area contributed by atoms with Gasteiger partial charge < -0.3 is 9.84 Å². The van der Waals surface area contributed by atoms with Crippen molar-refractivity contribution in [1.82, 2.24) is 9.97 Å². The predicted molar refractivity (Wildman–Crippen MR) is 69.5 cm³/mol. The molecule has 0 unspecified atom stereocenters. The Morgan fingerprint density at radius 2 is 1.95 bits per heavy atom. The second kappa shape index (κ2) is 5.48. The maximum Gasteiger partial charge on any atom is 0.354 e. The SMILES string of the molecule is COc1ccc(Cc2cc(C(=O)O)nc(C)n2)cc1. The summed E-state index contributed by atoms with van der Waals surface area (Å²) >= 11 is 0. The lowest BCUT2D eigenvalue weighted by atomic mass is 10.1. The smallest absolute Gasteiger partial charge is 0.354 e. The number of carboxylic acids is 1. The molecule has 0 spiro atoms. The van der Waals surface area contributed by atoms with E-state index in [0.717, 1.165) is 11.3 Å². The summed E-state index contributed by atoms with van der Waals surface area (Å²) in [5, 5.41) is 8.96. The molecule has 2 rings (SSSR count). The second-order valence-corrected chi connectivity index (χ2v) is 4.12. The van der Waals surface area contributed by atoms with Gasteiger partial charge in [-0.2, -0.15) is 0 Å². The second-order valence-electron chi connectivity index (χ2n) is 4.12. The van der Waals surface area contributed by atoms with Crippen LogP contribution in [0.2, 0.25) is 0 Å². The van der Waals surface area contributed by atoms with Gasteiger partial charge in [0.25, 0.3) is 0 Å². The van der Waals surface area contributed by atoms with Gasteiger partial charge in [0, 0.05) is 12.1 Å². The molecule has 0 saturated carbocycles. The molecule has 0 saturated heterocycles. The van der Waals surface area contributed by atoms with E-state index in [0.29, 0.717) is 17.9 Å². The first kappa shape index (κ1) is 13.0. The van der Waals surface area contributed by atoms with Crippen LogP contribution in [0.4, 0.5) is 0 Å². The fourth-order valence-corrected chi connectivity index (χ4v) is 1.78. The highest BCUT2D eigenvalue weighted by Gasteiger charge is 2.09. The highest BCUT2D eigenvalue weighted by Crippen LogP contribution is 2.14. The Morgan fingerprint density at radius 1 is 1.26 bits per heavy atom. The summed E-state index contributed by atoms with van der Waals surface area (Å²) in [6.45, 7) is 1.68. The number of aromatic nitrogens is 2. The van der Waals surface area contributed by atoms with E-state index in [1.54, 1.807) is 14.0 Å². The number of aryl methyl sites for hydroxylation is 1. The minimum absolute atomic E-state index is 0.0241. The van der Waals surface area contributed by atoms with E-state index >= 15 is 0 Å². The number of carbonyl (C=O) groups is 1. The van der Waals surface area contributed by atoms with Crippen LogP contribution in [-0.2, 0) is 6.42 Å². The van der Waals surface area contributed by atoms with Crippen molar-refractivity contribution < 1.29 is 14.6 Å². The number of aromatic carboxylic acids is 1. The molecule has 0 fully saturated rings. The molecule has 0 aliphatic rings. The minimum Gasteiger partial charge on any atom is -0.497 e. The van der Waals surface area contributed by atoms with Crippen LogP contribution in [0, 0.1) is 6.92 Å². The summed E-state index contributed by atoms with van der Waals surface area (Å²) in [4.78, 5) is 19.1. The fourth-order valence-electron chi connectivity index (χ4n) is 1.78. The van der Waals surface area contributed by atoms with Crippen LogP contribution < -0.4 is 4.74 Å². The van der Waals surface area contributed by atoms with Gasteiger partial charge in [0.1, 0.15) is 11.6 Å². The zero-order valence-electron chi connectivity index (χ0n) is 10.8. The number of methoxy groups -OCH3 is 1. The average molecular weight is 258 g/mol. The molecule has 98 valence electrons. The predicted octanol–water partition coefficient (Wildman–Crippen LogP) is 2.08. The molecule has 19 heavy (non-hydrogen) atoms. The van der Waals surface area contributed by atoms with Crippen molar-refractivity contribution in [2.75, 3.05) is 7.11 Å². The summed E-state index contributed by atoms with van der Waals surface area (Å²) in [5.41, 5.74) is 1.75. The molecule has 0 aliphatic heterocycles. The largest absolute Gasteiger partial charge is 0.497 e. The first-order valence-electron chi connectivity index (χ1n) is 5.79. The number of ether oxygens (including phenoxy) is 1. The summed E-state index contributed by atoms with van der Waals surface area (Å²) in [6, 6.07) is 9.08. The Hall–Kier alpha value is -2.43. The Kier molecular flexibility index (Phi) is 3.75. The van der Waals surface area contributed by atoms with Crippen molar-refractivity contribution in [3.63, 3.8) is 0 Å². The third-order valence-corrected chi connectivity index (χ3v) is 2.65. The van der Waals surface area contributed by atoms with Crippen molar-refractivity contribution in [3.8, 4) is 5.75 Å². The summed E-state index contributed by atoms with van der Waals surface area (Å²) in [7, 11) is 1.61. The van der Waals surface area contributed by atoms with Crippen LogP contribution >= 0.6 is 0 Å². The van der Waals surface area contributed by atoms with E-state index in [-0.39, 0.29) is 5.69 Å². The monoisotopic (exact) mass is 258 g/mol. The maximum absolute atomic E-state index is 10.9.